The highest BCUT2D eigenvalue weighted by atomic mass is 14.9. The van der Waals surface area contributed by atoms with Gasteiger partial charge in [0.05, 0.1) is 5.69 Å². The van der Waals surface area contributed by atoms with Crippen LogP contribution in [0.15, 0.2) is 18.3 Å². The van der Waals surface area contributed by atoms with Crippen LogP contribution in [0.25, 0.3) is 0 Å². The molecule has 0 aliphatic heterocycles. The van der Waals surface area contributed by atoms with Crippen LogP contribution in [0, 0.1) is 23.2 Å². The fraction of sp³-hybridized carbons (Fsp3) is 0.571. The van der Waals surface area contributed by atoms with Crippen molar-refractivity contribution in [1.82, 2.24) is 4.98 Å². The SMILES string of the molecule is CC1CCCC(Nc2cccnc2C#N)C1C. The molecule has 1 aliphatic rings. The highest BCUT2D eigenvalue weighted by molar-refractivity contribution is 5.53. The molecule has 90 valence electrons. The maximum atomic E-state index is 9.01. The Morgan fingerprint density at radius 1 is 1.41 bits per heavy atom. The molecule has 2 rings (SSSR count). The lowest BCUT2D eigenvalue weighted by Crippen LogP contribution is -2.35. The predicted molar refractivity (Wildman–Crippen MR) is 68.5 cm³/mol. The number of rotatable bonds is 2. The molecule has 3 atom stereocenters. The molecule has 0 aromatic carbocycles. The van der Waals surface area contributed by atoms with E-state index in [0.29, 0.717) is 17.7 Å². The molecule has 0 spiro atoms. The van der Waals surface area contributed by atoms with Gasteiger partial charge < -0.3 is 5.32 Å². The number of anilines is 1. The number of pyridine rings is 1. The molecule has 1 aromatic rings. The first kappa shape index (κ1) is 11.9. The smallest absolute Gasteiger partial charge is 0.163 e. The Bertz CT molecular complexity index is 422. The minimum atomic E-state index is 0.468. The van der Waals surface area contributed by atoms with Gasteiger partial charge in [-0.25, -0.2) is 4.98 Å². The first-order valence-electron chi connectivity index (χ1n) is 6.34. The van der Waals surface area contributed by atoms with E-state index in [-0.39, 0.29) is 0 Å². The molecule has 0 radical (unpaired) electrons. The summed E-state index contributed by atoms with van der Waals surface area (Å²) in [4.78, 5) is 4.08. The van der Waals surface area contributed by atoms with E-state index < -0.39 is 0 Å². The largest absolute Gasteiger partial charge is 0.380 e. The molecule has 3 nitrogen and oxygen atoms in total. The van der Waals surface area contributed by atoms with Gasteiger partial charge in [0, 0.05) is 12.2 Å². The van der Waals surface area contributed by atoms with Gasteiger partial charge in [-0.2, -0.15) is 5.26 Å². The predicted octanol–water partition coefficient (Wildman–Crippen LogP) is 3.19. The molecule has 17 heavy (non-hydrogen) atoms. The maximum absolute atomic E-state index is 9.01. The van der Waals surface area contributed by atoms with E-state index in [9.17, 15) is 0 Å². The van der Waals surface area contributed by atoms with Crippen LogP contribution in [0.5, 0.6) is 0 Å². The topological polar surface area (TPSA) is 48.7 Å². The van der Waals surface area contributed by atoms with Crippen LogP contribution < -0.4 is 5.32 Å². The van der Waals surface area contributed by atoms with E-state index >= 15 is 0 Å². The molecule has 1 aromatic heterocycles. The van der Waals surface area contributed by atoms with Gasteiger partial charge in [0.1, 0.15) is 6.07 Å². The van der Waals surface area contributed by atoms with E-state index in [4.69, 9.17) is 5.26 Å². The number of nitrogens with zero attached hydrogens (tertiary/aromatic N) is 2. The third-order valence-electron chi connectivity index (χ3n) is 3.96. The summed E-state index contributed by atoms with van der Waals surface area (Å²) in [6, 6.07) is 6.42. The second-order valence-electron chi connectivity index (χ2n) is 5.03. The van der Waals surface area contributed by atoms with Gasteiger partial charge in [0.25, 0.3) is 0 Å². The van der Waals surface area contributed by atoms with E-state index in [1.165, 1.54) is 19.3 Å². The Morgan fingerprint density at radius 3 is 3.00 bits per heavy atom. The molecule has 0 bridgehead atoms. The van der Waals surface area contributed by atoms with E-state index in [2.05, 4.69) is 30.2 Å². The van der Waals surface area contributed by atoms with Crippen LogP contribution in [0.2, 0.25) is 0 Å². The summed E-state index contributed by atoms with van der Waals surface area (Å²) in [5.74, 6) is 1.40. The molecule has 1 fully saturated rings. The summed E-state index contributed by atoms with van der Waals surface area (Å²) in [7, 11) is 0. The van der Waals surface area contributed by atoms with Gasteiger partial charge in [-0.3, -0.25) is 0 Å². The summed E-state index contributed by atoms with van der Waals surface area (Å²) in [6.45, 7) is 4.61. The number of hydrogen-bond acceptors (Lipinski definition) is 3. The van der Waals surface area contributed by atoms with Crippen LogP contribution in [0.1, 0.15) is 38.8 Å². The molecule has 0 saturated heterocycles. The third-order valence-corrected chi connectivity index (χ3v) is 3.96. The normalized spacial score (nSPS) is 28.4. The molecular weight excluding hydrogens is 210 g/mol. The third kappa shape index (κ3) is 2.58. The highest BCUT2D eigenvalue weighted by Crippen LogP contribution is 2.31. The molecule has 3 heteroatoms. The van der Waals surface area contributed by atoms with E-state index in [1.807, 2.05) is 12.1 Å². The zero-order valence-corrected chi connectivity index (χ0v) is 10.5. The molecule has 1 N–H and O–H groups in total. The number of aromatic nitrogens is 1. The summed E-state index contributed by atoms with van der Waals surface area (Å²) in [5, 5.41) is 12.5. The van der Waals surface area contributed by atoms with Crippen molar-refractivity contribution in [2.45, 2.75) is 39.2 Å². The zero-order chi connectivity index (χ0) is 12.3. The van der Waals surface area contributed by atoms with Crippen molar-refractivity contribution in [2.75, 3.05) is 5.32 Å². The van der Waals surface area contributed by atoms with Crippen LogP contribution in [0.3, 0.4) is 0 Å². The molecule has 1 saturated carbocycles. The second kappa shape index (κ2) is 5.18. The van der Waals surface area contributed by atoms with Crippen LogP contribution in [-0.2, 0) is 0 Å². The number of hydrogen-bond donors (Lipinski definition) is 1. The zero-order valence-electron chi connectivity index (χ0n) is 10.5. The molecule has 0 amide bonds. The van der Waals surface area contributed by atoms with Gasteiger partial charge in [-0.05, 0) is 30.4 Å². The van der Waals surface area contributed by atoms with E-state index in [1.54, 1.807) is 6.20 Å². The molecule has 3 unspecified atom stereocenters. The number of nitriles is 1. The van der Waals surface area contributed by atoms with Crippen molar-refractivity contribution in [2.24, 2.45) is 11.8 Å². The Hall–Kier alpha value is -1.56. The van der Waals surface area contributed by atoms with E-state index in [0.717, 1.165) is 11.6 Å². The Labute approximate surface area is 103 Å². The van der Waals surface area contributed by atoms with Gasteiger partial charge in [0.2, 0.25) is 0 Å². The molecule has 1 heterocycles. The lowest BCUT2D eigenvalue weighted by molar-refractivity contribution is 0.253. The maximum Gasteiger partial charge on any atom is 0.163 e. The summed E-state index contributed by atoms with van der Waals surface area (Å²) < 4.78 is 0. The van der Waals surface area contributed by atoms with Crippen LogP contribution in [0.4, 0.5) is 5.69 Å². The van der Waals surface area contributed by atoms with Crippen LogP contribution in [-0.4, -0.2) is 11.0 Å². The summed E-state index contributed by atoms with van der Waals surface area (Å²) in [5.41, 5.74) is 1.37. The fourth-order valence-electron chi connectivity index (χ4n) is 2.60. The van der Waals surface area contributed by atoms with Crippen LogP contribution >= 0.6 is 0 Å². The average Bonchev–Trinajstić information content (AvgIpc) is 2.35. The first-order chi connectivity index (χ1) is 8.22. The Morgan fingerprint density at radius 2 is 2.24 bits per heavy atom. The van der Waals surface area contributed by atoms with Crippen molar-refractivity contribution < 1.29 is 0 Å². The Balaban J connectivity index is 2.12. The van der Waals surface area contributed by atoms with Crippen molar-refractivity contribution >= 4 is 5.69 Å². The Kier molecular flexibility index (Phi) is 3.63. The van der Waals surface area contributed by atoms with Gasteiger partial charge in [-0.1, -0.05) is 26.7 Å². The van der Waals surface area contributed by atoms with Gasteiger partial charge in [0.15, 0.2) is 5.69 Å². The van der Waals surface area contributed by atoms with Gasteiger partial charge >= 0.3 is 0 Å². The fourth-order valence-corrected chi connectivity index (χ4v) is 2.60. The molecular formula is C14H19N3. The molecule has 1 aliphatic carbocycles. The monoisotopic (exact) mass is 229 g/mol. The van der Waals surface area contributed by atoms with Gasteiger partial charge in [-0.15, -0.1) is 0 Å². The van der Waals surface area contributed by atoms with Crippen molar-refractivity contribution in [3.8, 4) is 6.07 Å². The lowest BCUT2D eigenvalue weighted by atomic mass is 9.78. The average molecular weight is 229 g/mol. The lowest BCUT2D eigenvalue weighted by Gasteiger charge is -2.35. The minimum absolute atomic E-state index is 0.468. The number of nitrogens with one attached hydrogen (secondary N) is 1. The van der Waals surface area contributed by atoms with Crippen molar-refractivity contribution in [1.29, 1.82) is 5.26 Å². The first-order valence-corrected chi connectivity index (χ1v) is 6.34. The second-order valence-corrected chi connectivity index (χ2v) is 5.03. The minimum Gasteiger partial charge on any atom is -0.380 e. The van der Waals surface area contributed by atoms with Crippen molar-refractivity contribution in [3.63, 3.8) is 0 Å². The summed E-state index contributed by atoms with van der Waals surface area (Å²) >= 11 is 0. The highest BCUT2D eigenvalue weighted by Gasteiger charge is 2.27. The standard InChI is InChI=1S/C14H19N3/c1-10-5-3-6-12(11(10)2)17-13-7-4-8-16-14(13)9-15/h4,7-8,10-12,17H,3,5-6H2,1-2H3. The van der Waals surface area contributed by atoms with Crippen molar-refractivity contribution in [3.05, 3.63) is 24.0 Å². The quantitative estimate of drug-likeness (QED) is 0.847. The summed E-state index contributed by atoms with van der Waals surface area (Å²) in [6.07, 6.45) is 5.44.